The third-order valence-electron chi connectivity index (χ3n) is 6.20. The van der Waals surface area contributed by atoms with Crippen molar-refractivity contribution in [2.75, 3.05) is 27.3 Å². The van der Waals surface area contributed by atoms with E-state index in [1.54, 1.807) is 14.2 Å². The normalized spacial score (nSPS) is 15.4. The molecule has 0 radical (unpaired) electrons. The molecule has 7 heteroatoms. The van der Waals surface area contributed by atoms with E-state index in [0.717, 1.165) is 29.0 Å². The summed E-state index contributed by atoms with van der Waals surface area (Å²) in [5.74, 6) is 2.50. The SMILES string of the molecule is COc1ccc(OC)c([C@@H]2CCN(C(=O)c3ccccc3-c3nc(-c4ccccc4)no3)C2)c1. The van der Waals surface area contributed by atoms with Crippen LogP contribution in [0, 0.1) is 0 Å². The molecule has 1 amide bonds. The number of hydrogen-bond donors (Lipinski definition) is 0. The van der Waals surface area contributed by atoms with Crippen LogP contribution >= 0.6 is 0 Å². The first-order chi connectivity index (χ1) is 16.7. The van der Waals surface area contributed by atoms with Crippen molar-refractivity contribution < 1.29 is 18.8 Å². The number of aromatic nitrogens is 2. The van der Waals surface area contributed by atoms with Crippen LogP contribution in [-0.4, -0.2) is 48.3 Å². The van der Waals surface area contributed by atoms with Gasteiger partial charge in [-0.05, 0) is 36.8 Å². The summed E-state index contributed by atoms with van der Waals surface area (Å²) in [6, 6.07) is 22.8. The molecular weight excluding hydrogens is 430 g/mol. The number of carbonyl (C=O) groups is 1. The Morgan fingerprint density at radius 2 is 1.79 bits per heavy atom. The van der Waals surface area contributed by atoms with Gasteiger partial charge in [0, 0.05) is 30.1 Å². The molecule has 7 nitrogen and oxygen atoms in total. The molecule has 5 rings (SSSR count). The number of ether oxygens (including phenoxy) is 2. The summed E-state index contributed by atoms with van der Waals surface area (Å²) in [5, 5.41) is 4.11. The molecule has 3 aromatic carbocycles. The standard InChI is InChI=1S/C27H25N3O4/c1-32-20-12-13-24(33-2)23(16-20)19-14-15-30(17-19)27(31)22-11-7-6-10-21(22)26-28-25(29-34-26)18-8-4-3-5-9-18/h3-13,16,19H,14-15,17H2,1-2H3/t19-/m1/s1. The number of benzene rings is 3. The molecule has 0 aliphatic carbocycles. The summed E-state index contributed by atoms with van der Waals surface area (Å²) in [6.45, 7) is 1.24. The zero-order chi connectivity index (χ0) is 23.5. The van der Waals surface area contributed by atoms with Crippen molar-refractivity contribution in [3.05, 3.63) is 83.9 Å². The second-order valence-corrected chi connectivity index (χ2v) is 8.18. The van der Waals surface area contributed by atoms with Crippen LogP contribution in [-0.2, 0) is 0 Å². The van der Waals surface area contributed by atoms with E-state index in [0.29, 0.717) is 35.9 Å². The first kappa shape index (κ1) is 21.7. The molecule has 1 aliphatic heterocycles. The molecule has 1 atom stereocenters. The Labute approximate surface area is 197 Å². The third-order valence-corrected chi connectivity index (χ3v) is 6.20. The molecule has 1 aromatic heterocycles. The zero-order valence-electron chi connectivity index (χ0n) is 19.1. The summed E-state index contributed by atoms with van der Waals surface area (Å²) >= 11 is 0. The summed E-state index contributed by atoms with van der Waals surface area (Å²) < 4.78 is 16.5. The summed E-state index contributed by atoms with van der Waals surface area (Å²) in [5.41, 5.74) is 3.08. The molecule has 34 heavy (non-hydrogen) atoms. The van der Waals surface area contributed by atoms with E-state index in [2.05, 4.69) is 10.1 Å². The van der Waals surface area contributed by atoms with Gasteiger partial charge in [-0.25, -0.2) is 0 Å². The van der Waals surface area contributed by atoms with Gasteiger partial charge < -0.3 is 18.9 Å². The Hall–Kier alpha value is -4.13. The topological polar surface area (TPSA) is 77.7 Å². The Morgan fingerprint density at radius 3 is 2.59 bits per heavy atom. The van der Waals surface area contributed by atoms with Gasteiger partial charge in [0.1, 0.15) is 11.5 Å². The van der Waals surface area contributed by atoms with Crippen molar-refractivity contribution in [3.8, 4) is 34.3 Å². The fourth-order valence-corrected chi connectivity index (χ4v) is 4.42. The molecule has 0 spiro atoms. The molecular formula is C27H25N3O4. The van der Waals surface area contributed by atoms with Gasteiger partial charge in [0.05, 0.1) is 25.3 Å². The second kappa shape index (κ2) is 9.39. The van der Waals surface area contributed by atoms with Gasteiger partial charge in [-0.2, -0.15) is 4.98 Å². The fourth-order valence-electron chi connectivity index (χ4n) is 4.42. The highest BCUT2D eigenvalue weighted by atomic mass is 16.5. The second-order valence-electron chi connectivity index (χ2n) is 8.18. The molecule has 1 fully saturated rings. The van der Waals surface area contributed by atoms with Crippen LogP contribution in [0.3, 0.4) is 0 Å². The lowest BCUT2D eigenvalue weighted by Crippen LogP contribution is -2.29. The summed E-state index contributed by atoms with van der Waals surface area (Å²) in [7, 11) is 3.31. The molecule has 0 saturated carbocycles. The molecule has 1 aliphatic rings. The Bertz CT molecular complexity index is 1300. The lowest BCUT2D eigenvalue weighted by Gasteiger charge is -2.19. The Balaban J connectivity index is 1.40. The lowest BCUT2D eigenvalue weighted by atomic mass is 9.97. The van der Waals surface area contributed by atoms with Crippen molar-refractivity contribution in [1.82, 2.24) is 15.0 Å². The molecule has 1 saturated heterocycles. The van der Waals surface area contributed by atoms with Crippen LogP contribution in [0.5, 0.6) is 11.5 Å². The number of likely N-dealkylation sites (tertiary alicyclic amines) is 1. The fraction of sp³-hybridized carbons (Fsp3) is 0.222. The van der Waals surface area contributed by atoms with Gasteiger partial charge in [0.25, 0.3) is 11.8 Å². The van der Waals surface area contributed by atoms with Crippen LogP contribution in [0.4, 0.5) is 0 Å². The summed E-state index contributed by atoms with van der Waals surface area (Å²) in [4.78, 5) is 20.0. The highest BCUT2D eigenvalue weighted by molar-refractivity contribution is 6.00. The van der Waals surface area contributed by atoms with Crippen LogP contribution in [0.1, 0.15) is 28.3 Å². The predicted molar refractivity (Wildman–Crippen MR) is 128 cm³/mol. The van der Waals surface area contributed by atoms with Crippen molar-refractivity contribution in [2.24, 2.45) is 0 Å². The monoisotopic (exact) mass is 455 g/mol. The minimum Gasteiger partial charge on any atom is -0.497 e. The number of hydrogen-bond acceptors (Lipinski definition) is 6. The van der Waals surface area contributed by atoms with Crippen molar-refractivity contribution in [2.45, 2.75) is 12.3 Å². The largest absolute Gasteiger partial charge is 0.497 e. The van der Waals surface area contributed by atoms with Gasteiger partial charge in [-0.1, -0.05) is 47.6 Å². The van der Waals surface area contributed by atoms with E-state index in [-0.39, 0.29) is 11.8 Å². The molecule has 0 bridgehead atoms. The number of rotatable bonds is 6. The van der Waals surface area contributed by atoms with Crippen LogP contribution < -0.4 is 9.47 Å². The minimum absolute atomic E-state index is 0.0561. The third kappa shape index (κ3) is 4.12. The first-order valence-electron chi connectivity index (χ1n) is 11.2. The van der Waals surface area contributed by atoms with Gasteiger partial charge in [-0.15, -0.1) is 0 Å². The molecule has 4 aromatic rings. The number of methoxy groups -OCH3 is 2. The average Bonchev–Trinajstić information content (AvgIpc) is 3.59. The highest BCUT2D eigenvalue weighted by Gasteiger charge is 2.31. The quantitative estimate of drug-likeness (QED) is 0.405. The lowest BCUT2D eigenvalue weighted by molar-refractivity contribution is 0.0791. The Kier molecular flexibility index (Phi) is 5.99. The number of amides is 1. The maximum atomic E-state index is 13.6. The van der Waals surface area contributed by atoms with Crippen molar-refractivity contribution in [1.29, 1.82) is 0 Å². The van der Waals surface area contributed by atoms with E-state index < -0.39 is 0 Å². The van der Waals surface area contributed by atoms with E-state index in [9.17, 15) is 4.79 Å². The Morgan fingerprint density at radius 1 is 1.00 bits per heavy atom. The van der Waals surface area contributed by atoms with E-state index >= 15 is 0 Å². The zero-order valence-corrected chi connectivity index (χ0v) is 19.1. The highest BCUT2D eigenvalue weighted by Crippen LogP contribution is 2.37. The van der Waals surface area contributed by atoms with Gasteiger partial charge in [0.15, 0.2) is 0 Å². The summed E-state index contributed by atoms with van der Waals surface area (Å²) in [6.07, 6.45) is 0.843. The van der Waals surface area contributed by atoms with Crippen molar-refractivity contribution in [3.63, 3.8) is 0 Å². The van der Waals surface area contributed by atoms with Crippen LogP contribution in [0.25, 0.3) is 22.8 Å². The average molecular weight is 456 g/mol. The first-order valence-corrected chi connectivity index (χ1v) is 11.2. The van der Waals surface area contributed by atoms with Crippen molar-refractivity contribution >= 4 is 5.91 Å². The predicted octanol–water partition coefficient (Wildman–Crippen LogP) is 5.05. The minimum atomic E-state index is -0.0561. The van der Waals surface area contributed by atoms with E-state index in [4.69, 9.17) is 14.0 Å². The van der Waals surface area contributed by atoms with Gasteiger partial charge in [-0.3, -0.25) is 4.79 Å². The number of carbonyl (C=O) groups excluding carboxylic acids is 1. The van der Waals surface area contributed by atoms with Crippen LogP contribution in [0.15, 0.2) is 77.3 Å². The molecule has 172 valence electrons. The molecule has 0 N–H and O–H groups in total. The van der Waals surface area contributed by atoms with E-state index in [1.165, 1.54) is 0 Å². The molecule has 2 heterocycles. The van der Waals surface area contributed by atoms with Crippen LogP contribution in [0.2, 0.25) is 0 Å². The van der Waals surface area contributed by atoms with E-state index in [1.807, 2.05) is 77.7 Å². The van der Waals surface area contributed by atoms with Gasteiger partial charge >= 0.3 is 0 Å². The maximum absolute atomic E-state index is 13.6. The molecule has 0 unspecified atom stereocenters. The maximum Gasteiger partial charge on any atom is 0.259 e. The van der Waals surface area contributed by atoms with Gasteiger partial charge in [0.2, 0.25) is 5.82 Å². The number of nitrogens with zero attached hydrogens (tertiary/aromatic N) is 3. The smallest absolute Gasteiger partial charge is 0.259 e.